The summed E-state index contributed by atoms with van der Waals surface area (Å²) >= 11 is 0. The molecule has 2 aliphatic heterocycles. The molecule has 0 spiro atoms. The topological polar surface area (TPSA) is 9.72 Å². The fraction of sp³-hybridized carbons (Fsp3) is 0.529. The molecule has 1 aromatic rings. The lowest BCUT2D eigenvalue weighted by atomic mass is 10.1. The van der Waals surface area contributed by atoms with Crippen molar-refractivity contribution in [2.24, 2.45) is 0 Å². The number of halogens is 1. The zero-order valence-electron chi connectivity index (χ0n) is 12.7. The first-order valence-corrected chi connectivity index (χ1v) is 7.78. The Bertz CT molecular complexity index is 485. The first-order valence-electron chi connectivity index (χ1n) is 7.78. The molecule has 0 aliphatic carbocycles. The van der Waals surface area contributed by atoms with Gasteiger partial charge in [-0.1, -0.05) is 24.3 Å². The summed E-state index contributed by atoms with van der Waals surface area (Å²) in [6.45, 7) is 8.04. The van der Waals surface area contributed by atoms with Crippen molar-refractivity contribution in [2.75, 3.05) is 52.9 Å². The van der Waals surface area contributed by atoms with E-state index in [1.54, 1.807) is 0 Å². The Morgan fingerprint density at radius 2 is 1.86 bits per heavy atom. The fourth-order valence-corrected chi connectivity index (χ4v) is 3.25. The number of piperazine rings is 2. The first-order chi connectivity index (χ1) is 10.2. The molecule has 4 heteroatoms. The summed E-state index contributed by atoms with van der Waals surface area (Å²) in [7, 11) is 2.21. The Hall–Kier alpha value is -1.23. The van der Waals surface area contributed by atoms with Crippen LogP contribution in [0.5, 0.6) is 0 Å². The van der Waals surface area contributed by atoms with Crippen LogP contribution >= 0.6 is 0 Å². The molecule has 0 amide bonds. The van der Waals surface area contributed by atoms with E-state index in [0.717, 1.165) is 25.2 Å². The van der Waals surface area contributed by atoms with E-state index in [0.29, 0.717) is 6.04 Å². The highest BCUT2D eigenvalue weighted by Gasteiger charge is 2.30. The molecule has 2 saturated heterocycles. The van der Waals surface area contributed by atoms with Crippen LogP contribution in [0.25, 0.3) is 6.08 Å². The number of hydrogen-bond donors (Lipinski definition) is 0. The number of hydrogen-bond acceptors (Lipinski definition) is 3. The lowest BCUT2D eigenvalue weighted by molar-refractivity contribution is 0.0246. The quantitative estimate of drug-likeness (QED) is 0.840. The average molecular weight is 289 g/mol. The van der Waals surface area contributed by atoms with Crippen molar-refractivity contribution in [3.8, 4) is 0 Å². The van der Waals surface area contributed by atoms with Gasteiger partial charge in [-0.05, 0) is 24.7 Å². The molecule has 3 rings (SSSR count). The van der Waals surface area contributed by atoms with E-state index < -0.39 is 0 Å². The van der Waals surface area contributed by atoms with Gasteiger partial charge in [0.15, 0.2) is 0 Å². The fourth-order valence-electron chi connectivity index (χ4n) is 3.25. The molecule has 0 bridgehead atoms. The van der Waals surface area contributed by atoms with Crippen molar-refractivity contribution in [2.45, 2.75) is 6.04 Å². The molecular formula is C17H24FN3. The summed E-state index contributed by atoms with van der Waals surface area (Å²) < 4.78 is 12.8. The van der Waals surface area contributed by atoms with Gasteiger partial charge in [-0.3, -0.25) is 9.80 Å². The van der Waals surface area contributed by atoms with E-state index in [9.17, 15) is 4.39 Å². The highest BCUT2D eigenvalue weighted by Crippen LogP contribution is 2.14. The molecule has 2 fully saturated rings. The molecule has 21 heavy (non-hydrogen) atoms. The third kappa shape index (κ3) is 3.90. The molecule has 3 nitrogen and oxygen atoms in total. The number of fused-ring (bicyclic) bond motifs is 1. The number of benzene rings is 1. The van der Waals surface area contributed by atoms with E-state index in [1.807, 2.05) is 12.1 Å². The van der Waals surface area contributed by atoms with Gasteiger partial charge in [0.1, 0.15) is 5.82 Å². The average Bonchev–Trinajstić information content (AvgIpc) is 2.49. The van der Waals surface area contributed by atoms with Gasteiger partial charge in [0.25, 0.3) is 0 Å². The normalized spacial score (nSPS) is 25.3. The van der Waals surface area contributed by atoms with E-state index >= 15 is 0 Å². The largest absolute Gasteiger partial charge is 0.303 e. The zero-order chi connectivity index (χ0) is 14.7. The Kier molecular flexibility index (Phi) is 4.68. The van der Waals surface area contributed by atoms with Crippen LogP contribution in [-0.4, -0.2) is 73.6 Å². The van der Waals surface area contributed by atoms with Crippen LogP contribution in [-0.2, 0) is 0 Å². The van der Waals surface area contributed by atoms with Gasteiger partial charge in [-0.25, -0.2) is 4.39 Å². The minimum absolute atomic E-state index is 0.176. The van der Waals surface area contributed by atoms with Gasteiger partial charge >= 0.3 is 0 Å². The van der Waals surface area contributed by atoms with Gasteiger partial charge in [0, 0.05) is 51.9 Å². The Morgan fingerprint density at radius 3 is 2.67 bits per heavy atom. The van der Waals surface area contributed by atoms with Crippen LogP contribution in [0.4, 0.5) is 4.39 Å². The second-order valence-electron chi connectivity index (χ2n) is 6.17. The Labute approximate surface area is 126 Å². The van der Waals surface area contributed by atoms with Crippen LogP contribution in [0.1, 0.15) is 5.56 Å². The molecule has 2 heterocycles. The molecular weight excluding hydrogens is 265 g/mol. The maximum atomic E-state index is 12.8. The van der Waals surface area contributed by atoms with Gasteiger partial charge in [-0.15, -0.1) is 0 Å². The molecule has 2 aliphatic rings. The van der Waals surface area contributed by atoms with E-state index in [-0.39, 0.29) is 5.82 Å². The highest BCUT2D eigenvalue weighted by atomic mass is 19.1. The van der Waals surface area contributed by atoms with Crippen LogP contribution in [0.3, 0.4) is 0 Å². The maximum absolute atomic E-state index is 12.8. The minimum atomic E-state index is -0.176. The van der Waals surface area contributed by atoms with Crippen molar-refractivity contribution < 1.29 is 4.39 Å². The SMILES string of the molecule is CN1CCN2CCN(CC=Cc3ccc(F)cc3)CC2C1. The molecule has 0 saturated carbocycles. The molecule has 114 valence electrons. The molecule has 1 aromatic carbocycles. The van der Waals surface area contributed by atoms with Crippen molar-refractivity contribution in [1.29, 1.82) is 0 Å². The molecule has 0 N–H and O–H groups in total. The summed E-state index contributed by atoms with van der Waals surface area (Å²) in [5.74, 6) is -0.176. The lowest BCUT2D eigenvalue weighted by Crippen LogP contribution is -2.61. The van der Waals surface area contributed by atoms with Crippen LogP contribution in [0.15, 0.2) is 30.3 Å². The monoisotopic (exact) mass is 289 g/mol. The van der Waals surface area contributed by atoms with Crippen LogP contribution < -0.4 is 0 Å². The van der Waals surface area contributed by atoms with Gasteiger partial charge < -0.3 is 4.90 Å². The van der Waals surface area contributed by atoms with E-state index in [1.165, 1.54) is 38.3 Å². The van der Waals surface area contributed by atoms with E-state index in [2.05, 4.69) is 33.9 Å². The molecule has 1 unspecified atom stereocenters. The maximum Gasteiger partial charge on any atom is 0.123 e. The number of nitrogens with zero attached hydrogens (tertiary/aromatic N) is 3. The number of rotatable bonds is 3. The molecule has 0 radical (unpaired) electrons. The summed E-state index contributed by atoms with van der Waals surface area (Å²) in [6.07, 6.45) is 4.27. The van der Waals surface area contributed by atoms with Crippen molar-refractivity contribution in [1.82, 2.24) is 14.7 Å². The summed E-state index contributed by atoms with van der Waals surface area (Å²) in [5, 5.41) is 0. The lowest BCUT2D eigenvalue weighted by Gasteiger charge is -2.46. The second kappa shape index (κ2) is 6.69. The summed E-state index contributed by atoms with van der Waals surface area (Å²) in [4.78, 5) is 7.57. The molecule has 0 aromatic heterocycles. The first kappa shape index (κ1) is 14.7. The van der Waals surface area contributed by atoms with Gasteiger partial charge in [-0.2, -0.15) is 0 Å². The van der Waals surface area contributed by atoms with Crippen LogP contribution in [0.2, 0.25) is 0 Å². The third-order valence-corrected chi connectivity index (χ3v) is 4.52. The predicted molar refractivity (Wildman–Crippen MR) is 84.7 cm³/mol. The smallest absolute Gasteiger partial charge is 0.123 e. The standard InChI is InChI=1S/C17H24FN3/c1-19-9-11-21-12-10-20(14-17(21)13-19)8-2-3-15-4-6-16(18)7-5-15/h2-7,17H,8-14H2,1H3. The Morgan fingerprint density at radius 1 is 1.10 bits per heavy atom. The predicted octanol–water partition coefficient (Wildman–Crippen LogP) is 1.77. The third-order valence-electron chi connectivity index (χ3n) is 4.52. The number of likely N-dealkylation sites (N-methyl/N-ethyl adjacent to an activating group) is 1. The van der Waals surface area contributed by atoms with Crippen molar-refractivity contribution in [3.05, 3.63) is 41.7 Å². The molecule has 1 atom stereocenters. The van der Waals surface area contributed by atoms with E-state index in [4.69, 9.17) is 0 Å². The van der Waals surface area contributed by atoms with Gasteiger partial charge in [0.2, 0.25) is 0 Å². The second-order valence-corrected chi connectivity index (χ2v) is 6.17. The zero-order valence-corrected chi connectivity index (χ0v) is 12.7. The Balaban J connectivity index is 1.50. The van der Waals surface area contributed by atoms with Crippen molar-refractivity contribution in [3.63, 3.8) is 0 Å². The highest BCUT2D eigenvalue weighted by molar-refractivity contribution is 5.48. The minimum Gasteiger partial charge on any atom is -0.303 e. The van der Waals surface area contributed by atoms with Gasteiger partial charge in [0.05, 0.1) is 0 Å². The van der Waals surface area contributed by atoms with Crippen molar-refractivity contribution >= 4 is 6.08 Å². The van der Waals surface area contributed by atoms with Crippen LogP contribution in [0, 0.1) is 5.82 Å². The summed E-state index contributed by atoms with van der Waals surface area (Å²) in [5.41, 5.74) is 1.06. The summed E-state index contributed by atoms with van der Waals surface area (Å²) in [6, 6.07) is 7.34.